The number of nitrogens with zero attached hydrogens (tertiary/aromatic N) is 2. The first-order chi connectivity index (χ1) is 15.6. The second-order valence-corrected chi connectivity index (χ2v) is 9.95. The van der Waals surface area contributed by atoms with E-state index in [9.17, 15) is 9.59 Å². The molecule has 32 heavy (non-hydrogen) atoms. The van der Waals surface area contributed by atoms with Crippen molar-refractivity contribution >= 4 is 16.8 Å². The fourth-order valence-electron chi connectivity index (χ4n) is 6.84. The highest BCUT2D eigenvalue weighted by atomic mass is 16.5. The summed E-state index contributed by atoms with van der Waals surface area (Å²) in [6.45, 7) is 3.00. The molecule has 0 saturated carbocycles. The van der Waals surface area contributed by atoms with E-state index in [1.165, 1.54) is 37.8 Å². The van der Waals surface area contributed by atoms with Gasteiger partial charge < -0.3 is 14.6 Å². The molecule has 2 bridgehead atoms. The van der Waals surface area contributed by atoms with Gasteiger partial charge >= 0.3 is 0 Å². The Hall–Kier alpha value is -2.60. The van der Waals surface area contributed by atoms with Crippen molar-refractivity contribution in [2.75, 3.05) is 26.7 Å². The molecule has 3 fully saturated rings. The summed E-state index contributed by atoms with van der Waals surface area (Å²) in [6, 6.07) is 6.15. The number of amides is 1. The van der Waals surface area contributed by atoms with E-state index in [2.05, 4.69) is 16.0 Å². The lowest BCUT2D eigenvalue weighted by Crippen LogP contribution is -2.60. The minimum absolute atomic E-state index is 0.126. The maximum absolute atomic E-state index is 13.7. The van der Waals surface area contributed by atoms with Crippen molar-refractivity contribution in [1.82, 2.24) is 14.8 Å². The van der Waals surface area contributed by atoms with Crippen LogP contribution in [0.4, 0.5) is 0 Å². The molecule has 1 N–H and O–H groups in total. The number of carbonyl (C=O) groups excluding carboxylic acids is 1. The van der Waals surface area contributed by atoms with Crippen molar-refractivity contribution in [3.8, 4) is 5.75 Å². The number of rotatable bonds is 2. The second kappa shape index (κ2) is 7.77. The summed E-state index contributed by atoms with van der Waals surface area (Å²) in [5.74, 6) is 1.67. The molecule has 3 aliphatic heterocycles. The van der Waals surface area contributed by atoms with E-state index in [-0.39, 0.29) is 22.9 Å². The van der Waals surface area contributed by atoms with Gasteiger partial charge in [0.1, 0.15) is 11.3 Å². The summed E-state index contributed by atoms with van der Waals surface area (Å²) >= 11 is 0. The number of fused-ring (bicyclic) bond motifs is 7. The average molecular weight is 434 g/mol. The number of ether oxygens (including phenoxy) is 1. The zero-order valence-corrected chi connectivity index (χ0v) is 18.7. The molecule has 4 heterocycles. The number of pyridine rings is 1. The molecule has 3 saturated heterocycles. The molecule has 6 heteroatoms. The number of H-pyrrole nitrogens is 1. The van der Waals surface area contributed by atoms with Crippen molar-refractivity contribution in [1.29, 1.82) is 0 Å². The van der Waals surface area contributed by atoms with Crippen LogP contribution >= 0.6 is 0 Å². The standard InChI is InChI=1S/C26H31N3O3/c1-32-19-7-8-20-22(13-19)27-14-21(25(20)30)26(31)29-10-4-5-16-11-17-12-18(24(16)29)15-28-9-3-2-6-23(17)28/h7-8,11,13-14,17-18,23-24H,2-6,9-10,12,15H2,1H3,(H,27,30)/t17-,18+,23?,24?/m1/s1. The second-order valence-electron chi connectivity index (χ2n) is 9.95. The molecule has 4 aliphatic rings. The minimum Gasteiger partial charge on any atom is -0.497 e. The Morgan fingerprint density at radius 3 is 2.97 bits per heavy atom. The highest BCUT2D eigenvalue weighted by molar-refractivity contribution is 5.97. The van der Waals surface area contributed by atoms with Gasteiger partial charge in [-0.25, -0.2) is 0 Å². The lowest BCUT2D eigenvalue weighted by molar-refractivity contribution is 0.00143. The van der Waals surface area contributed by atoms with Gasteiger partial charge in [0.05, 0.1) is 18.7 Å². The quantitative estimate of drug-likeness (QED) is 0.736. The molecule has 2 unspecified atom stereocenters. The van der Waals surface area contributed by atoms with E-state index < -0.39 is 0 Å². The van der Waals surface area contributed by atoms with E-state index in [0.29, 0.717) is 34.5 Å². The third-order valence-corrected chi connectivity index (χ3v) is 8.24. The molecule has 2 aromatic rings. The molecular formula is C26H31N3O3. The Kier molecular flexibility index (Phi) is 4.86. The van der Waals surface area contributed by atoms with Crippen LogP contribution in [0.1, 0.15) is 48.9 Å². The van der Waals surface area contributed by atoms with Gasteiger partial charge in [0.2, 0.25) is 5.43 Å². The number of nitrogens with one attached hydrogen (secondary N) is 1. The van der Waals surface area contributed by atoms with Gasteiger partial charge in [0.15, 0.2) is 0 Å². The predicted octanol–water partition coefficient (Wildman–Crippen LogP) is 3.57. The summed E-state index contributed by atoms with van der Waals surface area (Å²) in [6.07, 6.45) is 11.3. The molecule has 4 atom stereocenters. The van der Waals surface area contributed by atoms with E-state index in [0.717, 1.165) is 25.9 Å². The first-order valence-electron chi connectivity index (χ1n) is 12.1. The maximum atomic E-state index is 13.7. The zero-order valence-electron chi connectivity index (χ0n) is 18.7. The van der Waals surface area contributed by atoms with E-state index >= 15 is 0 Å². The highest BCUT2D eigenvalue weighted by Gasteiger charge is 2.47. The molecule has 0 spiro atoms. The maximum Gasteiger partial charge on any atom is 0.259 e. The number of hydrogen-bond acceptors (Lipinski definition) is 4. The molecule has 6 rings (SSSR count). The highest BCUT2D eigenvalue weighted by Crippen LogP contribution is 2.45. The number of hydrogen-bond donors (Lipinski definition) is 1. The molecular weight excluding hydrogens is 402 g/mol. The van der Waals surface area contributed by atoms with Gasteiger partial charge in [-0.2, -0.15) is 0 Å². The van der Waals surface area contributed by atoms with Crippen LogP contribution in [0, 0.1) is 11.8 Å². The molecule has 1 amide bonds. The number of methoxy groups -OCH3 is 1. The molecule has 0 radical (unpaired) electrons. The van der Waals surface area contributed by atoms with Gasteiger partial charge in [0, 0.05) is 36.8 Å². The summed E-state index contributed by atoms with van der Waals surface area (Å²) in [7, 11) is 1.60. The van der Waals surface area contributed by atoms with Crippen LogP contribution < -0.4 is 10.2 Å². The van der Waals surface area contributed by atoms with Crippen molar-refractivity contribution < 1.29 is 9.53 Å². The van der Waals surface area contributed by atoms with Gasteiger partial charge in [-0.3, -0.25) is 14.5 Å². The van der Waals surface area contributed by atoms with Gasteiger partial charge in [-0.05, 0) is 62.6 Å². The van der Waals surface area contributed by atoms with Crippen molar-refractivity contribution in [2.24, 2.45) is 11.8 Å². The van der Waals surface area contributed by atoms with Crippen LogP contribution in [0.3, 0.4) is 0 Å². The Balaban J connectivity index is 1.35. The predicted molar refractivity (Wildman–Crippen MR) is 124 cm³/mol. The first-order valence-corrected chi connectivity index (χ1v) is 12.1. The van der Waals surface area contributed by atoms with Crippen molar-refractivity contribution in [3.63, 3.8) is 0 Å². The third-order valence-electron chi connectivity index (χ3n) is 8.24. The largest absolute Gasteiger partial charge is 0.497 e. The zero-order chi connectivity index (χ0) is 21.8. The lowest BCUT2D eigenvalue weighted by atomic mass is 9.68. The molecule has 6 nitrogen and oxygen atoms in total. The Labute approximate surface area is 188 Å². The molecule has 1 aliphatic carbocycles. The fraction of sp³-hybridized carbons (Fsp3) is 0.538. The van der Waals surface area contributed by atoms with Crippen molar-refractivity contribution in [3.05, 3.63) is 51.8 Å². The number of aromatic nitrogens is 1. The number of aromatic amines is 1. The number of piperidine rings is 3. The minimum atomic E-state index is -0.198. The van der Waals surface area contributed by atoms with E-state index in [1.807, 2.05) is 4.90 Å². The van der Waals surface area contributed by atoms with Crippen LogP contribution in [-0.4, -0.2) is 59.5 Å². The summed E-state index contributed by atoms with van der Waals surface area (Å²) in [4.78, 5) is 34.8. The normalized spacial score (nSPS) is 29.8. The van der Waals surface area contributed by atoms with Crippen LogP contribution in [0.15, 0.2) is 40.8 Å². The topological polar surface area (TPSA) is 65.6 Å². The molecule has 1 aromatic carbocycles. The Morgan fingerprint density at radius 2 is 2.09 bits per heavy atom. The van der Waals surface area contributed by atoms with Crippen molar-refractivity contribution in [2.45, 2.75) is 50.6 Å². The summed E-state index contributed by atoms with van der Waals surface area (Å²) in [5.41, 5.74) is 2.18. The molecule has 168 valence electrons. The van der Waals surface area contributed by atoms with Crippen LogP contribution in [-0.2, 0) is 0 Å². The monoisotopic (exact) mass is 433 g/mol. The number of likely N-dealkylation sites (tertiary alicyclic amines) is 1. The third kappa shape index (κ3) is 3.11. The number of benzene rings is 1. The van der Waals surface area contributed by atoms with Gasteiger partial charge in [0.25, 0.3) is 5.91 Å². The van der Waals surface area contributed by atoms with Crippen LogP contribution in [0.2, 0.25) is 0 Å². The summed E-state index contributed by atoms with van der Waals surface area (Å²) in [5, 5.41) is 0.530. The van der Waals surface area contributed by atoms with E-state index in [4.69, 9.17) is 4.74 Å². The summed E-state index contributed by atoms with van der Waals surface area (Å²) < 4.78 is 5.26. The van der Waals surface area contributed by atoms with Crippen LogP contribution in [0.5, 0.6) is 5.75 Å². The Bertz CT molecular complexity index is 1150. The van der Waals surface area contributed by atoms with Crippen LogP contribution in [0.25, 0.3) is 10.9 Å². The number of carbonyl (C=O) groups is 1. The fourth-order valence-corrected chi connectivity index (χ4v) is 6.84. The van der Waals surface area contributed by atoms with Gasteiger partial charge in [-0.15, -0.1) is 0 Å². The van der Waals surface area contributed by atoms with E-state index in [1.54, 1.807) is 31.5 Å². The lowest BCUT2D eigenvalue weighted by Gasteiger charge is -2.54. The Morgan fingerprint density at radius 1 is 1.19 bits per heavy atom. The first kappa shape index (κ1) is 20.0. The van der Waals surface area contributed by atoms with Gasteiger partial charge in [-0.1, -0.05) is 18.1 Å². The smallest absolute Gasteiger partial charge is 0.259 e. The SMILES string of the molecule is COc1ccc2c(=O)c(C(=O)N3CCCC4=C[C@@H]5C[C@@H](CN6CCCCC56)C43)c[nH]c2c1. The molecule has 1 aromatic heterocycles. The average Bonchev–Trinajstić information content (AvgIpc) is 2.83.